The van der Waals surface area contributed by atoms with Gasteiger partial charge in [0, 0.05) is 11.4 Å². The molecule has 20 heavy (non-hydrogen) atoms. The molecule has 0 aliphatic carbocycles. The van der Waals surface area contributed by atoms with Gasteiger partial charge in [-0.05, 0) is 17.1 Å². The van der Waals surface area contributed by atoms with Crippen LogP contribution in [0.4, 0.5) is 14.6 Å². The first-order valence-electron chi connectivity index (χ1n) is 5.29. The van der Waals surface area contributed by atoms with Crippen molar-refractivity contribution in [1.82, 2.24) is 9.38 Å². The lowest BCUT2D eigenvalue weighted by Crippen LogP contribution is -1.95. The Bertz CT molecular complexity index is 814. The van der Waals surface area contributed by atoms with Crippen molar-refractivity contribution < 1.29 is 18.4 Å². The van der Waals surface area contributed by atoms with Crippen molar-refractivity contribution in [3.63, 3.8) is 0 Å². The van der Waals surface area contributed by atoms with E-state index in [2.05, 4.69) is 4.98 Å². The van der Waals surface area contributed by atoms with E-state index < -0.39 is 16.6 Å². The number of fused-ring (bicyclic) bond motifs is 1. The molecule has 2 heterocycles. The monoisotopic (exact) mass is 297 g/mol. The van der Waals surface area contributed by atoms with Crippen molar-refractivity contribution in [2.24, 2.45) is 0 Å². The number of thiazole rings is 1. The van der Waals surface area contributed by atoms with E-state index in [0.29, 0.717) is 4.96 Å². The van der Waals surface area contributed by atoms with Crippen LogP contribution in [0.15, 0.2) is 29.8 Å². The van der Waals surface area contributed by atoms with Crippen molar-refractivity contribution in [1.29, 1.82) is 0 Å². The number of nitrogens with zero attached hydrogens (tertiary/aromatic N) is 3. The predicted octanol–water partition coefficient (Wildman–Crippen LogP) is 3.37. The highest BCUT2D eigenvalue weighted by molar-refractivity contribution is 7.15. The van der Waals surface area contributed by atoms with Gasteiger partial charge in [0.1, 0.15) is 11.9 Å². The van der Waals surface area contributed by atoms with Crippen LogP contribution in [0.5, 0.6) is 11.6 Å². The number of halogens is 2. The molecule has 9 heteroatoms. The molecule has 0 saturated carbocycles. The zero-order valence-corrected chi connectivity index (χ0v) is 10.4. The van der Waals surface area contributed by atoms with Crippen LogP contribution in [0.25, 0.3) is 4.96 Å². The van der Waals surface area contributed by atoms with E-state index >= 15 is 0 Å². The fourth-order valence-corrected chi connectivity index (χ4v) is 2.34. The van der Waals surface area contributed by atoms with Gasteiger partial charge in [0.25, 0.3) is 4.96 Å². The highest BCUT2D eigenvalue weighted by atomic mass is 32.1. The number of rotatable bonds is 3. The maximum Gasteiger partial charge on any atom is 0.393 e. The maximum atomic E-state index is 13.1. The standard InChI is InChI=1S/C11H5F2N3O3S/c12-7-2-1-6(5-8(7)13)19-9-10(16(17)18)15-3-4-20-11(15)14-9/h1-5H. The van der Waals surface area contributed by atoms with E-state index in [0.717, 1.165) is 18.2 Å². The van der Waals surface area contributed by atoms with Gasteiger partial charge in [-0.1, -0.05) is 11.3 Å². The molecule has 3 rings (SSSR count). The van der Waals surface area contributed by atoms with Crippen LogP contribution in [0.1, 0.15) is 0 Å². The third-order valence-corrected chi connectivity index (χ3v) is 3.24. The number of nitro groups is 1. The van der Waals surface area contributed by atoms with Crippen LogP contribution in [0.2, 0.25) is 0 Å². The molecule has 2 aromatic heterocycles. The van der Waals surface area contributed by atoms with Crippen molar-refractivity contribution in [2.75, 3.05) is 0 Å². The van der Waals surface area contributed by atoms with Gasteiger partial charge in [0.2, 0.25) is 0 Å². The number of hydrogen-bond donors (Lipinski definition) is 0. The molecule has 0 aliphatic heterocycles. The summed E-state index contributed by atoms with van der Waals surface area (Å²) in [7, 11) is 0. The van der Waals surface area contributed by atoms with E-state index in [-0.39, 0.29) is 17.4 Å². The molecule has 0 bridgehead atoms. The summed E-state index contributed by atoms with van der Waals surface area (Å²) in [5.74, 6) is -2.85. The first-order chi connectivity index (χ1) is 9.56. The molecule has 0 aliphatic rings. The Labute approximate surface area is 114 Å². The zero-order valence-electron chi connectivity index (χ0n) is 9.62. The van der Waals surface area contributed by atoms with E-state index in [1.807, 2.05) is 0 Å². The van der Waals surface area contributed by atoms with Crippen LogP contribution < -0.4 is 4.74 Å². The second-order valence-corrected chi connectivity index (χ2v) is 4.60. The minimum Gasteiger partial charge on any atom is -0.432 e. The Kier molecular flexibility index (Phi) is 2.83. The molecule has 0 spiro atoms. The molecule has 0 radical (unpaired) electrons. The van der Waals surface area contributed by atoms with Gasteiger partial charge in [-0.3, -0.25) is 0 Å². The molecule has 0 N–H and O–H groups in total. The normalized spacial score (nSPS) is 10.9. The van der Waals surface area contributed by atoms with Gasteiger partial charge in [-0.2, -0.15) is 9.38 Å². The zero-order chi connectivity index (χ0) is 14.3. The molecule has 0 atom stereocenters. The highest BCUT2D eigenvalue weighted by Gasteiger charge is 2.25. The number of imidazole rings is 1. The van der Waals surface area contributed by atoms with Gasteiger partial charge in [0.15, 0.2) is 11.6 Å². The van der Waals surface area contributed by atoms with Gasteiger partial charge in [-0.25, -0.2) is 8.78 Å². The molecular weight excluding hydrogens is 292 g/mol. The van der Waals surface area contributed by atoms with Crippen LogP contribution >= 0.6 is 11.3 Å². The largest absolute Gasteiger partial charge is 0.432 e. The van der Waals surface area contributed by atoms with E-state index in [4.69, 9.17) is 4.74 Å². The number of benzene rings is 1. The summed E-state index contributed by atoms with van der Waals surface area (Å²) >= 11 is 1.19. The Balaban J connectivity index is 2.05. The summed E-state index contributed by atoms with van der Waals surface area (Å²) in [6, 6.07) is 2.83. The summed E-state index contributed by atoms with van der Waals surface area (Å²) in [5, 5.41) is 12.7. The lowest BCUT2D eigenvalue weighted by atomic mass is 10.3. The van der Waals surface area contributed by atoms with E-state index in [1.54, 1.807) is 5.38 Å². The first kappa shape index (κ1) is 12.5. The van der Waals surface area contributed by atoms with Gasteiger partial charge < -0.3 is 14.9 Å². The number of aromatic nitrogens is 2. The fourth-order valence-electron chi connectivity index (χ4n) is 1.64. The van der Waals surface area contributed by atoms with Crippen LogP contribution in [0.3, 0.4) is 0 Å². The quantitative estimate of drug-likeness (QED) is 0.549. The SMILES string of the molecule is O=[N+]([O-])c1c(Oc2ccc(F)c(F)c2)nc2sccn12. The van der Waals surface area contributed by atoms with Crippen LogP contribution in [-0.2, 0) is 0 Å². The van der Waals surface area contributed by atoms with Crippen molar-refractivity contribution >= 4 is 22.1 Å². The Hall–Kier alpha value is -2.55. The summed E-state index contributed by atoms with van der Waals surface area (Å²) < 4.78 is 32.3. The summed E-state index contributed by atoms with van der Waals surface area (Å²) in [6.07, 6.45) is 1.48. The minimum absolute atomic E-state index is 0.0715. The third-order valence-electron chi connectivity index (χ3n) is 2.48. The van der Waals surface area contributed by atoms with Crippen molar-refractivity contribution in [2.45, 2.75) is 0 Å². The first-order valence-corrected chi connectivity index (χ1v) is 6.17. The predicted molar refractivity (Wildman–Crippen MR) is 66.2 cm³/mol. The Morgan fingerprint density at radius 2 is 2.15 bits per heavy atom. The van der Waals surface area contributed by atoms with Gasteiger partial charge in [-0.15, -0.1) is 0 Å². The van der Waals surface area contributed by atoms with E-state index in [9.17, 15) is 18.9 Å². The summed E-state index contributed by atoms with van der Waals surface area (Å²) in [4.78, 5) is 14.7. The summed E-state index contributed by atoms with van der Waals surface area (Å²) in [5.41, 5.74) is 0. The molecule has 0 fully saturated rings. The molecular formula is C11H5F2N3O3S. The second-order valence-electron chi connectivity index (χ2n) is 3.73. The van der Waals surface area contributed by atoms with Gasteiger partial charge in [0.05, 0.1) is 0 Å². The highest BCUT2D eigenvalue weighted by Crippen LogP contribution is 2.33. The lowest BCUT2D eigenvalue weighted by molar-refractivity contribution is -0.391. The molecule has 3 aromatic rings. The molecule has 0 unspecified atom stereocenters. The Morgan fingerprint density at radius 3 is 2.85 bits per heavy atom. The average molecular weight is 297 g/mol. The van der Waals surface area contributed by atoms with Gasteiger partial charge >= 0.3 is 11.7 Å². The lowest BCUT2D eigenvalue weighted by Gasteiger charge is -2.02. The summed E-state index contributed by atoms with van der Waals surface area (Å²) in [6.45, 7) is 0. The molecule has 0 amide bonds. The fraction of sp³-hybridized carbons (Fsp3) is 0. The second kappa shape index (κ2) is 4.53. The molecule has 1 aromatic carbocycles. The van der Waals surface area contributed by atoms with Crippen molar-refractivity contribution in [3.8, 4) is 11.6 Å². The topological polar surface area (TPSA) is 69.7 Å². The minimum atomic E-state index is -1.11. The van der Waals surface area contributed by atoms with E-state index in [1.165, 1.54) is 21.9 Å². The van der Waals surface area contributed by atoms with Crippen LogP contribution in [-0.4, -0.2) is 14.3 Å². The molecule has 102 valence electrons. The Morgan fingerprint density at radius 1 is 1.35 bits per heavy atom. The number of ether oxygens (including phenoxy) is 1. The maximum absolute atomic E-state index is 13.1. The molecule has 6 nitrogen and oxygen atoms in total. The number of hydrogen-bond acceptors (Lipinski definition) is 5. The smallest absolute Gasteiger partial charge is 0.393 e. The van der Waals surface area contributed by atoms with Crippen molar-refractivity contribution in [3.05, 3.63) is 51.5 Å². The molecule has 0 saturated heterocycles. The third kappa shape index (κ3) is 1.97. The average Bonchev–Trinajstić information content (AvgIpc) is 2.93. The van der Waals surface area contributed by atoms with Crippen LogP contribution in [0, 0.1) is 21.7 Å².